The number of aromatic amines is 1. The number of imidazole rings is 1. The molecular formula is C11H20N4O2S. The van der Waals surface area contributed by atoms with Crippen molar-refractivity contribution in [1.82, 2.24) is 19.2 Å². The van der Waals surface area contributed by atoms with E-state index in [4.69, 9.17) is 0 Å². The highest BCUT2D eigenvalue weighted by Gasteiger charge is 2.37. The summed E-state index contributed by atoms with van der Waals surface area (Å²) >= 11 is 0. The van der Waals surface area contributed by atoms with Gasteiger partial charge in [0.25, 0.3) is 10.0 Å². The van der Waals surface area contributed by atoms with Crippen LogP contribution in [-0.4, -0.2) is 59.8 Å². The lowest BCUT2D eigenvalue weighted by molar-refractivity contribution is 0.0800. The van der Waals surface area contributed by atoms with Gasteiger partial charge in [-0.25, -0.2) is 13.4 Å². The molecule has 102 valence electrons. The van der Waals surface area contributed by atoms with E-state index in [9.17, 15) is 8.42 Å². The highest BCUT2D eigenvalue weighted by molar-refractivity contribution is 7.89. The van der Waals surface area contributed by atoms with Gasteiger partial charge in [0, 0.05) is 25.2 Å². The predicted molar refractivity (Wildman–Crippen MR) is 68.8 cm³/mol. The Balaban J connectivity index is 2.27. The Kier molecular flexibility index (Phi) is 3.25. The van der Waals surface area contributed by atoms with E-state index in [2.05, 4.69) is 14.9 Å². The van der Waals surface area contributed by atoms with Crippen LogP contribution < -0.4 is 0 Å². The Hall–Kier alpha value is -0.920. The number of sulfonamides is 1. The van der Waals surface area contributed by atoms with Crippen molar-refractivity contribution in [2.24, 2.45) is 0 Å². The van der Waals surface area contributed by atoms with E-state index < -0.39 is 10.0 Å². The van der Waals surface area contributed by atoms with Crippen molar-refractivity contribution in [3.63, 3.8) is 0 Å². The smallest absolute Gasteiger partial charge is 0.260 e. The molecule has 0 aliphatic carbocycles. The van der Waals surface area contributed by atoms with Crippen LogP contribution in [0, 0.1) is 6.92 Å². The molecule has 0 unspecified atom stereocenters. The summed E-state index contributed by atoms with van der Waals surface area (Å²) in [6.07, 6.45) is 1.38. The van der Waals surface area contributed by atoms with E-state index in [1.807, 2.05) is 20.9 Å². The Labute approximate surface area is 108 Å². The van der Waals surface area contributed by atoms with Crippen molar-refractivity contribution in [2.45, 2.75) is 31.3 Å². The van der Waals surface area contributed by atoms with Crippen LogP contribution in [0.4, 0.5) is 0 Å². The van der Waals surface area contributed by atoms with Crippen LogP contribution >= 0.6 is 0 Å². The first-order valence-electron chi connectivity index (χ1n) is 5.96. The van der Waals surface area contributed by atoms with Crippen molar-refractivity contribution in [1.29, 1.82) is 0 Å². The number of aromatic nitrogens is 2. The zero-order valence-electron chi connectivity index (χ0n) is 11.3. The van der Waals surface area contributed by atoms with Gasteiger partial charge in [0.1, 0.15) is 5.82 Å². The van der Waals surface area contributed by atoms with E-state index in [0.29, 0.717) is 18.9 Å². The largest absolute Gasteiger partial charge is 0.332 e. The van der Waals surface area contributed by atoms with E-state index in [1.165, 1.54) is 10.5 Å². The molecule has 0 atom stereocenters. The number of piperazine rings is 1. The summed E-state index contributed by atoms with van der Waals surface area (Å²) in [6, 6.07) is 0. The fourth-order valence-corrected chi connectivity index (χ4v) is 3.62. The predicted octanol–water partition coefficient (Wildman–Crippen LogP) is 0.433. The molecule has 0 spiro atoms. The maximum Gasteiger partial charge on any atom is 0.260 e. The van der Waals surface area contributed by atoms with Gasteiger partial charge in [-0.2, -0.15) is 4.31 Å². The third-order valence-electron chi connectivity index (χ3n) is 3.58. The molecular weight excluding hydrogens is 252 g/mol. The molecule has 2 heterocycles. The first-order valence-corrected chi connectivity index (χ1v) is 7.40. The second-order valence-corrected chi connectivity index (χ2v) is 7.31. The fraction of sp³-hybridized carbons (Fsp3) is 0.727. The van der Waals surface area contributed by atoms with Crippen LogP contribution in [0.25, 0.3) is 0 Å². The first-order chi connectivity index (χ1) is 8.23. The highest BCUT2D eigenvalue weighted by atomic mass is 32.2. The number of aryl methyl sites for hydroxylation is 1. The number of nitrogens with zero attached hydrogens (tertiary/aromatic N) is 3. The second-order valence-electron chi connectivity index (χ2n) is 5.41. The summed E-state index contributed by atoms with van der Waals surface area (Å²) in [6.45, 7) is 7.58. The molecule has 18 heavy (non-hydrogen) atoms. The monoisotopic (exact) mass is 272 g/mol. The van der Waals surface area contributed by atoms with Crippen molar-refractivity contribution in [3.8, 4) is 0 Å². The first kappa shape index (κ1) is 13.5. The standard InChI is InChI=1S/C11H20N4O2S/c1-9-12-7-10(13-9)18(16,17)15-6-5-14(4)11(2,3)8-15/h7H,5-6,8H2,1-4H3,(H,12,13). The Bertz CT molecular complexity index is 535. The molecule has 2 rings (SSSR count). The van der Waals surface area contributed by atoms with Gasteiger partial charge in [-0.3, -0.25) is 4.90 Å². The lowest BCUT2D eigenvalue weighted by atomic mass is 10.0. The summed E-state index contributed by atoms with van der Waals surface area (Å²) in [5.41, 5.74) is -0.152. The van der Waals surface area contributed by atoms with E-state index >= 15 is 0 Å². The van der Waals surface area contributed by atoms with E-state index in [0.717, 1.165) is 6.54 Å². The van der Waals surface area contributed by atoms with Gasteiger partial charge in [-0.15, -0.1) is 0 Å². The van der Waals surface area contributed by atoms with Crippen LogP contribution in [0.15, 0.2) is 11.2 Å². The molecule has 0 aromatic carbocycles. The summed E-state index contributed by atoms with van der Waals surface area (Å²) < 4.78 is 26.4. The minimum Gasteiger partial charge on any atom is -0.332 e. The third-order valence-corrected chi connectivity index (χ3v) is 5.33. The Morgan fingerprint density at radius 2 is 2.06 bits per heavy atom. The summed E-state index contributed by atoms with van der Waals surface area (Å²) in [7, 11) is -1.43. The van der Waals surface area contributed by atoms with Crippen molar-refractivity contribution >= 4 is 10.0 Å². The minimum atomic E-state index is -3.45. The topological polar surface area (TPSA) is 69.3 Å². The normalized spacial score (nSPS) is 22.2. The third kappa shape index (κ3) is 2.30. The maximum absolute atomic E-state index is 12.4. The number of nitrogens with one attached hydrogen (secondary N) is 1. The zero-order valence-corrected chi connectivity index (χ0v) is 12.1. The van der Waals surface area contributed by atoms with Gasteiger partial charge in [0.15, 0.2) is 5.03 Å². The van der Waals surface area contributed by atoms with Crippen LogP contribution in [0.5, 0.6) is 0 Å². The van der Waals surface area contributed by atoms with Gasteiger partial charge < -0.3 is 4.98 Å². The quantitative estimate of drug-likeness (QED) is 0.848. The fourth-order valence-electron chi connectivity index (χ4n) is 2.07. The zero-order chi connectivity index (χ0) is 13.6. The molecule has 0 saturated carbocycles. The van der Waals surface area contributed by atoms with Gasteiger partial charge in [-0.05, 0) is 27.8 Å². The van der Waals surface area contributed by atoms with Crippen molar-refractivity contribution in [3.05, 3.63) is 12.0 Å². The number of H-pyrrole nitrogens is 1. The Morgan fingerprint density at radius 3 is 2.56 bits per heavy atom. The van der Waals surface area contributed by atoms with Crippen LogP contribution in [0.2, 0.25) is 0 Å². The highest BCUT2D eigenvalue weighted by Crippen LogP contribution is 2.23. The minimum absolute atomic E-state index is 0.152. The van der Waals surface area contributed by atoms with Crippen molar-refractivity contribution < 1.29 is 8.42 Å². The summed E-state index contributed by atoms with van der Waals surface area (Å²) in [4.78, 5) is 8.93. The molecule has 0 amide bonds. The molecule has 0 radical (unpaired) electrons. The average molecular weight is 272 g/mol. The molecule has 1 aliphatic rings. The van der Waals surface area contributed by atoms with Gasteiger partial charge in [-0.1, -0.05) is 0 Å². The van der Waals surface area contributed by atoms with Crippen molar-refractivity contribution in [2.75, 3.05) is 26.7 Å². The van der Waals surface area contributed by atoms with Crippen LogP contribution in [0.1, 0.15) is 19.7 Å². The van der Waals surface area contributed by atoms with Crippen LogP contribution in [0.3, 0.4) is 0 Å². The lowest BCUT2D eigenvalue weighted by Crippen LogP contribution is -2.58. The number of hydrogen-bond donors (Lipinski definition) is 1. The molecule has 7 heteroatoms. The SMILES string of the molecule is Cc1ncc(S(=O)(=O)N2CCN(C)C(C)(C)C2)[nH]1. The number of hydrogen-bond acceptors (Lipinski definition) is 4. The molecule has 1 aromatic rings. The average Bonchev–Trinajstić information content (AvgIpc) is 2.69. The summed E-state index contributed by atoms with van der Waals surface area (Å²) in [5, 5.41) is 0.181. The Morgan fingerprint density at radius 1 is 1.39 bits per heavy atom. The molecule has 1 aliphatic heterocycles. The number of likely N-dealkylation sites (N-methyl/N-ethyl adjacent to an activating group) is 1. The molecule has 6 nitrogen and oxygen atoms in total. The summed E-state index contributed by atoms with van der Waals surface area (Å²) in [5.74, 6) is 0.613. The van der Waals surface area contributed by atoms with Crippen LogP contribution in [-0.2, 0) is 10.0 Å². The maximum atomic E-state index is 12.4. The molecule has 0 bridgehead atoms. The molecule has 1 aromatic heterocycles. The number of rotatable bonds is 2. The second kappa shape index (κ2) is 4.32. The van der Waals surface area contributed by atoms with Gasteiger partial charge in [0.05, 0.1) is 6.20 Å². The van der Waals surface area contributed by atoms with Gasteiger partial charge >= 0.3 is 0 Å². The molecule has 1 fully saturated rings. The molecule has 1 N–H and O–H groups in total. The van der Waals surface area contributed by atoms with E-state index in [1.54, 1.807) is 6.92 Å². The van der Waals surface area contributed by atoms with Gasteiger partial charge in [0.2, 0.25) is 0 Å². The van der Waals surface area contributed by atoms with E-state index in [-0.39, 0.29) is 10.6 Å². The lowest BCUT2D eigenvalue weighted by Gasteiger charge is -2.44. The molecule has 1 saturated heterocycles.